The lowest BCUT2D eigenvalue weighted by Gasteiger charge is -2.22. The number of benzene rings is 2. The van der Waals surface area contributed by atoms with Crippen molar-refractivity contribution in [2.75, 3.05) is 0 Å². The van der Waals surface area contributed by atoms with Gasteiger partial charge < -0.3 is 10.2 Å². The average Bonchev–Trinajstić information content (AvgIpc) is 3.67. The second kappa shape index (κ2) is 7.28. The van der Waals surface area contributed by atoms with Crippen molar-refractivity contribution in [3.8, 4) is 0 Å². The Bertz CT molecular complexity index is 1070. The summed E-state index contributed by atoms with van der Waals surface area (Å²) in [4.78, 5) is 36.1. The highest BCUT2D eigenvalue weighted by molar-refractivity contribution is 5.95. The molecule has 0 unspecified atom stereocenters. The molecule has 6 heteroatoms. The molecular weight excluding hydrogens is 364 g/mol. The summed E-state index contributed by atoms with van der Waals surface area (Å²) in [5.74, 6) is -0.123. The highest BCUT2D eigenvalue weighted by Gasteiger charge is 2.34. The van der Waals surface area contributed by atoms with Gasteiger partial charge in [-0.15, -0.1) is 0 Å². The van der Waals surface area contributed by atoms with Gasteiger partial charge in [0.2, 0.25) is 0 Å². The van der Waals surface area contributed by atoms with E-state index in [1.165, 1.54) is 0 Å². The van der Waals surface area contributed by atoms with Crippen LogP contribution in [0, 0.1) is 0 Å². The van der Waals surface area contributed by atoms with Gasteiger partial charge in [0.15, 0.2) is 0 Å². The summed E-state index contributed by atoms with van der Waals surface area (Å²) < 4.78 is 0. The zero-order valence-electron chi connectivity index (χ0n) is 16.0. The van der Waals surface area contributed by atoms with E-state index in [4.69, 9.17) is 0 Å². The average molecular weight is 386 g/mol. The fourth-order valence-corrected chi connectivity index (χ4v) is 3.41. The van der Waals surface area contributed by atoms with Gasteiger partial charge in [-0.25, -0.2) is 4.98 Å². The van der Waals surface area contributed by atoms with Gasteiger partial charge in [0, 0.05) is 24.2 Å². The Morgan fingerprint density at radius 2 is 1.69 bits per heavy atom. The molecule has 0 saturated heterocycles. The van der Waals surface area contributed by atoms with Crippen molar-refractivity contribution in [2.24, 2.45) is 0 Å². The molecule has 2 saturated carbocycles. The first-order valence-electron chi connectivity index (χ1n) is 10.1. The molecule has 29 heavy (non-hydrogen) atoms. The highest BCUT2D eigenvalue weighted by Crippen LogP contribution is 2.30. The number of hydrogen-bond donors (Lipinski definition) is 1. The first-order valence-corrected chi connectivity index (χ1v) is 10.1. The molecule has 1 aromatic heterocycles. The van der Waals surface area contributed by atoms with Crippen molar-refractivity contribution >= 4 is 22.8 Å². The van der Waals surface area contributed by atoms with Crippen LogP contribution in [0.1, 0.15) is 52.1 Å². The predicted molar refractivity (Wildman–Crippen MR) is 109 cm³/mol. The molecule has 0 spiro atoms. The van der Waals surface area contributed by atoms with E-state index in [0.717, 1.165) is 42.3 Å². The Morgan fingerprint density at radius 3 is 2.38 bits per heavy atom. The van der Waals surface area contributed by atoms with Crippen molar-refractivity contribution < 1.29 is 9.59 Å². The van der Waals surface area contributed by atoms with Gasteiger partial charge in [0.05, 0.1) is 17.2 Å². The molecule has 2 aliphatic rings. The van der Waals surface area contributed by atoms with Crippen LogP contribution in [0.3, 0.4) is 0 Å². The van der Waals surface area contributed by atoms with Crippen LogP contribution in [0.25, 0.3) is 11.0 Å². The molecule has 2 amide bonds. The number of rotatable bonds is 6. The maximum atomic E-state index is 13.1. The van der Waals surface area contributed by atoms with Crippen LogP contribution in [0.15, 0.2) is 54.7 Å². The second-order valence-corrected chi connectivity index (χ2v) is 7.85. The van der Waals surface area contributed by atoms with Crippen molar-refractivity contribution in [2.45, 2.75) is 44.3 Å². The molecule has 2 aliphatic carbocycles. The SMILES string of the molecule is O=C(NC1CC1)c1ccc(CN(C(=O)c2cnc3ccccc3n2)C2CC2)cc1. The third-order valence-corrected chi connectivity index (χ3v) is 5.40. The molecule has 1 N–H and O–H groups in total. The van der Waals surface area contributed by atoms with Gasteiger partial charge in [-0.05, 0) is 55.5 Å². The van der Waals surface area contributed by atoms with Crippen LogP contribution in [0.2, 0.25) is 0 Å². The quantitative estimate of drug-likeness (QED) is 0.705. The van der Waals surface area contributed by atoms with Crippen LogP contribution in [0.4, 0.5) is 0 Å². The lowest BCUT2D eigenvalue weighted by atomic mass is 10.1. The summed E-state index contributed by atoms with van der Waals surface area (Å²) in [5.41, 5.74) is 3.53. The normalized spacial score (nSPS) is 15.9. The Morgan fingerprint density at radius 1 is 0.966 bits per heavy atom. The lowest BCUT2D eigenvalue weighted by Crippen LogP contribution is -2.33. The fourth-order valence-electron chi connectivity index (χ4n) is 3.41. The van der Waals surface area contributed by atoms with Crippen molar-refractivity contribution in [1.82, 2.24) is 20.2 Å². The van der Waals surface area contributed by atoms with Gasteiger partial charge in [0.25, 0.3) is 11.8 Å². The number of fused-ring (bicyclic) bond motifs is 1. The summed E-state index contributed by atoms with van der Waals surface area (Å²) >= 11 is 0. The standard InChI is InChI=1S/C23H22N4O2/c28-22(25-17-9-10-17)16-7-5-15(6-8-16)14-27(18-11-12-18)23(29)21-13-24-19-3-1-2-4-20(19)26-21/h1-8,13,17-18H,9-12,14H2,(H,25,28). The Balaban J connectivity index is 1.33. The second-order valence-electron chi connectivity index (χ2n) is 7.85. The zero-order chi connectivity index (χ0) is 19.8. The number of nitrogens with zero attached hydrogens (tertiary/aromatic N) is 3. The topological polar surface area (TPSA) is 75.2 Å². The van der Waals surface area contributed by atoms with E-state index in [0.29, 0.717) is 23.8 Å². The summed E-state index contributed by atoms with van der Waals surface area (Å²) in [5, 5.41) is 2.99. The third-order valence-electron chi connectivity index (χ3n) is 5.40. The maximum Gasteiger partial charge on any atom is 0.274 e. The number of amides is 2. The Labute approximate surface area is 169 Å². The predicted octanol–water partition coefficient (Wildman–Crippen LogP) is 3.33. The first-order chi connectivity index (χ1) is 14.2. The minimum atomic E-state index is -0.0960. The van der Waals surface area contributed by atoms with E-state index in [1.807, 2.05) is 53.4 Å². The number of carbonyl (C=O) groups is 2. The van der Waals surface area contributed by atoms with Gasteiger partial charge in [-0.2, -0.15) is 0 Å². The zero-order valence-corrected chi connectivity index (χ0v) is 16.0. The highest BCUT2D eigenvalue weighted by atomic mass is 16.2. The first kappa shape index (κ1) is 17.8. The molecule has 2 fully saturated rings. The molecule has 2 aromatic carbocycles. The van der Waals surface area contributed by atoms with Crippen molar-refractivity contribution in [3.63, 3.8) is 0 Å². The maximum absolute atomic E-state index is 13.1. The Hall–Kier alpha value is -3.28. The molecule has 3 aromatic rings. The van der Waals surface area contributed by atoms with Gasteiger partial charge in [-0.3, -0.25) is 14.6 Å². The lowest BCUT2D eigenvalue weighted by molar-refractivity contribution is 0.0723. The minimum absolute atomic E-state index is 0.0272. The number of carbonyl (C=O) groups excluding carboxylic acids is 2. The van der Waals surface area contributed by atoms with Crippen LogP contribution in [0.5, 0.6) is 0 Å². The summed E-state index contributed by atoms with van der Waals surface area (Å²) in [6.07, 6.45) is 5.72. The van der Waals surface area contributed by atoms with E-state index >= 15 is 0 Å². The van der Waals surface area contributed by atoms with Crippen LogP contribution >= 0.6 is 0 Å². The van der Waals surface area contributed by atoms with Crippen LogP contribution in [-0.2, 0) is 6.54 Å². The van der Waals surface area contributed by atoms with Crippen LogP contribution < -0.4 is 5.32 Å². The molecular formula is C23H22N4O2. The fraction of sp³-hybridized carbons (Fsp3) is 0.304. The van der Waals surface area contributed by atoms with E-state index < -0.39 is 0 Å². The monoisotopic (exact) mass is 386 g/mol. The summed E-state index contributed by atoms with van der Waals surface area (Å²) in [6.45, 7) is 0.503. The molecule has 0 bridgehead atoms. The Kier molecular flexibility index (Phi) is 4.46. The largest absolute Gasteiger partial charge is 0.349 e. The third kappa shape index (κ3) is 3.97. The number of para-hydroxylation sites is 2. The van der Waals surface area contributed by atoms with Crippen molar-refractivity contribution in [1.29, 1.82) is 0 Å². The number of hydrogen-bond acceptors (Lipinski definition) is 4. The molecule has 0 aliphatic heterocycles. The number of aromatic nitrogens is 2. The molecule has 6 nitrogen and oxygen atoms in total. The van der Waals surface area contributed by atoms with E-state index in [1.54, 1.807) is 6.20 Å². The molecule has 5 rings (SSSR count). The van der Waals surface area contributed by atoms with E-state index in [9.17, 15) is 9.59 Å². The molecule has 1 heterocycles. The smallest absolute Gasteiger partial charge is 0.274 e. The van der Waals surface area contributed by atoms with Gasteiger partial charge in [-0.1, -0.05) is 24.3 Å². The van der Waals surface area contributed by atoms with E-state index in [-0.39, 0.29) is 17.9 Å². The van der Waals surface area contributed by atoms with Crippen LogP contribution in [-0.4, -0.2) is 38.8 Å². The summed E-state index contributed by atoms with van der Waals surface area (Å²) in [7, 11) is 0. The number of nitrogens with one attached hydrogen (secondary N) is 1. The summed E-state index contributed by atoms with van der Waals surface area (Å²) in [6, 6.07) is 15.7. The van der Waals surface area contributed by atoms with Gasteiger partial charge in [0.1, 0.15) is 5.69 Å². The van der Waals surface area contributed by atoms with Gasteiger partial charge >= 0.3 is 0 Å². The van der Waals surface area contributed by atoms with E-state index in [2.05, 4.69) is 15.3 Å². The molecule has 0 radical (unpaired) electrons. The van der Waals surface area contributed by atoms with Crippen molar-refractivity contribution in [3.05, 3.63) is 71.5 Å². The minimum Gasteiger partial charge on any atom is -0.349 e. The molecule has 146 valence electrons. The molecule has 0 atom stereocenters.